The van der Waals surface area contributed by atoms with Gasteiger partial charge < -0.3 is 13.9 Å². The molecule has 2 atom stereocenters. The molecule has 0 N–H and O–H groups in total. The Morgan fingerprint density at radius 3 is 3.12 bits per heavy atom. The largest absolute Gasteiger partial charge is 0.472 e. The second-order valence-corrected chi connectivity index (χ2v) is 3.95. The second kappa shape index (κ2) is 5.84. The average molecular weight is 234 g/mol. The Morgan fingerprint density at radius 2 is 2.47 bits per heavy atom. The highest BCUT2D eigenvalue weighted by Gasteiger charge is 2.23. The van der Waals surface area contributed by atoms with Gasteiger partial charge in [-0.15, -0.1) is 0 Å². The lowest BCUT2D eigenvalue weighted by Gasteiger charge is -2.22. The Labute approximate surface area is 102 Å². The fourth-order valence-electron chi connectivity index (χ4n) is 1.96. The lowest BCUT2D eigenvalue weighted by Crippen LogP contribution is -2.20. The molecular formula is C14H18O3. The van der Waals surface area contributed by atoms with E-state index >= 15 is 0 Å². The van der Waals surface area contributed by atoms with Crippen LogP contribution in [0.4, 0.5) is 0 Å². The molecule has 0 amide bonds. The first-order valence-corrected chi connectivity index (χ1v) is 5.96. The summed E-state index contributed by atoms with van der Waals surface area (Å²) in [6.07, 6.45) is 8.93. The summed E-state index contributed by atoms with van der Waals surface area (Å²) >= 11 is 0. The number of ether oxygens (including phenoxy) is 2. The smallest absolute Gasteiger partial charge is 0.184 e. The van der Waals surface area contributed by atoms with E-state index in [1.54, 1.807) is 18.6 Å². The predicted octanol–water partition coefficient (Wildman–Crippen LogP) is 3.61. The molecule has 0 aromatic carbocycles. The van der Waals surface area contributed by atoms with Gasteiger partial charge in [-0.1, -0.05) is 18.7 Å². The van der Waals surface area contributed by atoms with Gasteiger partial charge in [0.2, 0.25) is 0 Å². The minimum atomic E-state index is -0.320. The van der Waals surface area contributed by atoms with Crippen molar-refractivity contribution in [3.05, 3.63) is 48.5 Å². The van der Waals surface area contributed by atoms with E-state index in [9.17, 15) is 0 Å². The molecule has 0 fully saturated rings. The fraction of sp³-hybridized carbons (Fsp3) is 0.429. The van der Waals surface area contributed by atoms with Crippen molar-refractivity contribution in [1.29, 1.82) is 0 Å². The molecule has 0 saturated heterocycles. The van der Waals surface area contributed by atoms with Crippen molar-refractivity contribution in [1.82, 2.24) is 0 Å². The molecule has 0 aliphatic carbocycles. The summed E-state index contributed by atoms with van der Waals surface area (Å²) in [5.74, 6) is 0. The SMILES string of the molecule is C=CC1=CCC[C@H](c2ccoc2)O[C@H]1OCC. The number of furan rings is 1. The highest BCUT2D eigenvalue weighted by molar-refractivity contribution is 5.21. The number of allylic oxidation sites excluding steroid dienone is 1. The van der Waals surface area contributed by atoms with E-state index in [1.165, 1.54) is 0 Å². The van der Waals surface area contributed by atoms with Gasteiger partial charge >= 0.3 is 0 Å². The maximum Gasteiger partial charge on any atom is 0.184 e. The molecule has 0 saturated carbocycles. The lowest BCUT2D eigenvalue weighted by molar-refractivity contribution is -0.145. The summed E-state index contributed by atoms with van der Waals surface area (Å²) in [7, 11) is 0. The Kier molecular flexibility index (Phi) is 4.18. The van der Waals surface area contributed by atoms with E-state index in [1.807, 2.05) is 13.0 Å². The van der Waals surface area contributed by atoms with Crippen molar-refractivity contribution >= 4 is 0 Å². The summed E-state index contributed by atoms with van der Waals surface area (Å²) in [5, 5.41) is 0. The third-order valence-electron chi connectivity index (χ3n) is 2.84. The van der Waals surface area contributed by atoms with E-state index in [4.69, 9.17) is 13.9 Å². The van der Waals surface area contributed by atoms with Gasteiger partial charge in [0.15, 0.2) is 6.29 Å². The van der Waals surface area contributed by atoms with Crippen molar-refractivity contribution in [2.24, 2.45) is 0 Å². The Balaban J connectivity index is 2.12. The van der Waals surface area contributed by atoms with Crippen LogP contribution in [0.25, 0.3) is 0 Å². The van der Waals surface area contributed by atoms with E-state index in [-0.39, 0.29) is 12.4 Å². The summed E-state index contributed by atoms with van der Waals surface area (Å²) in [4.78, 5) is 0. The van der Waals surface area contributed by atoms with Gasteiger partial charge in [0.1, 0.15) is 0 Å². The van der Waals surface area contributed by atoms with Gasteiger partial charge in [0, 0.05) is 17.7 Å². The first kappa shape index (κ1) is 12.1. The van der Waals surface area contributed by atoms with Crippen molar-refractivity contribution in [2.45, 2.75) is 32.2 Å². The van der Waals surface area contributed by atoms with Crippen LogP contribution in [0.1, 0.15) is 31.4 Å². The van der Waals surface area contributed by atoms with Crippen LogP contribution in [0.2, 0.25) is 0 Å². The highest BCUT2D eigenvalue weighted by atomic mass is 16.7. The standard InChI is InChI=1S/C14H18O3/c1-3-11-6-5-7-13(12-8-9-15-10-12)17-14(11)16-4-2/h3,6,8-10,13-14H,1,4-5,7H2,2H3/t13-,14-/m1/s1. The number of hydrogen-bond donors (Lipinski definition) is 0. The molecule has 0 unspecified atom stereocenters. The van der Waals surface area contributed by atoms with Gasteiger partial charge in [-0.2, -0.15) is 0 Å². The minimum Gasteiger partial charge on any atom is -0.472 e. The number of hydrogen-bond acceptors (Lipinski definition) is 3. The molecule has 1 aromatic heterocycles. The molecule has 0 radical (unpaired) electrons. The van der Waals surface area contributed by atoms with Gasteiger partial charge in [-0.25, -0.2) is 0 Å². The molecule has 1 aliphatic rings. The zero-order chi connectivity index (χ0) is 12.1. The summed E-state index contributed by atoms with van der Waals surface area (Å²) in [5.41, 5.74) is 2.08. The zero-order valence-electron chi connectivity index (χ0n) is 10.1. The average Bonchev–Trinajstić information content (AvgIpc) is 2.79. The lowest BCUT2D eigenvalue weighted by atomic mass is 10.1. The molecule has 0 bridgehead atoms. The van der Waals surface area contributed by atoms with Crippen LogP contribution in [-0.2, 0) is 9.47 Å². The van der Waals surface area contributed by atoms with Crippen LogP contribution in [-0.4, -0.2) is 12.9 Å². The van der Waals surface area contributed by atoms with Crippen molar-refractivity contribution in [3.8, 4) is 0 Å². The molecular weight excluding hydrogens is 216 g/mol. The molecule has 2 rings (SSSR count). The quantitative estimate of drug-likeness (QED) is 0.797. The Hall–Kier alpha value is -1.32. The van der Waals surface area contributed by atoms with Crippen molar-refractivity contribution in [3.63, 3.8) is 0 Å². The summed E-state index contributed by atoms with van der Waals surface area (Å²) < 4.78 is 16.7. The first-order chi connectivity index (χ1) is 8.35. The van der Waals surface area contributed by atoms with E-state index in [0.717, 1.165) is 24.0 Å². The van der Waals surface area contributed by atoms with Crippen LogP contribution in [0.5, 0.6) is 0 Å². The first-order valence-electron chi connectivity index (χ1n) is 5.96. The molecule has 2 heterocycles. The molecule has 17 heavy (non-hydrogen) atoms. The minimum absolute atomic E-state index is 0.0269. The topological polar surface area (TPSA) is 31.6 Å². The molecule has 3 heteroatoms. The number of rotatable bonds is 4. The summed E-state index contributed by atoms with van der Waals surface area (Å²) in [6.45, 7) is 6.38. The molecule has 92 valence electrons. The van der Waals surface area contributed by atoms with E-state index in [2.05, 4.69) is 12.7 Å². The van der Waals surface area contributed by atoms with E-state index in [0.29, 0.717) is 6.61 Å². The van der Waals surface area contributed by atoms with Crippen LogP contribution in [0.15, 0.2) is 47.3 Å². The van der Waals surface area contributed by atoms with Crippen LogP contribution >= 0.6 is 0 Å². The van der Waals surface area contributed by atoms with Crippen molar-refractivity contribution < 1.29 is 13.9 Å². The Bertz CT molecular complexity index is 378. The molecule has 3 nitrogen and oxygen atoms in total. The third kappa shape index (κ3) is 2.87. The van der Waals surface area contributed by atoms with Gasteiger partial charge in [0.25, 0.3) is 0 Å². The monoisotopic (exact) mass is 234 g/mol. The maximum atomic E-state index is 5.98. The van der Waals surface area contributed by atoms with Gasteiger partial charge in [-0.05, 0) is 25.8 Å². The van der Waals surface area contributed by atoms with Crippen molar-refractivity contribution in [2.75, 3.05) is 6.61 Å². The summed E-state index contributed by atoms with van der Waals surface area (Å²) in [6, 6.07) is 1.94. The second-order valence-electron chi connectivity index (χ2n) is 3.95. The molecule has 0 spiro atoms. The normalized spacial score (nSPS) is 25.1. The maximum absolute atomic E-state index is 5.98. The van der Waals surface area contributed by atoms with Crippen LogP contribution < -0.4 is 0 Å². The van der Waals surface area contributed by atoms with E-state index < -0.39 is 0 Å². The molecule has 1 aliphatic heterocycles. The van der Waals surface area contributed by atoms with Crippen LogP contribution in [0, 0.1) is 0 Å². The van der Waals surface area contributed by atoms with Gasteiger partial charge in [0.05, 0.1) is 18.6 Å². The predicted molar refractivity (Wildman–Crippen MR) is 65.5 cm³/mol. The Morgan fingerprint density at radius 1 is 1.59 bits per heavy atom. The van der Waals surface area contributed by atoms with Gasteiger partial charge in [-0.3, -0.25) is 0 Å². The highest BCUT2D eigenvalue weighted by Crippen LogP contribution is 2.30. The van der Waals surface area contributed by atoms with Crippen LogP contribution in [0.3, 0.4) is 0 Å². The zero-order valence-corrected chi connectivity index (χ0v) is 10.1. The third-order valence-corrected chi connectivity index (χ3v) is 2.84. The molecule has 1 aromatic rings. The fourth-order valence-corrected chi connectivity index (χ4v) is 1.96.